The van der Waals surface area contributed by atoms with Gasteiger partial charge in [0.1, 0.15) is 11.6 Å². The number of hydrogen-bond donors (Lipinski definition) is 1. The molecule has 2 rings (SSSR count). The zero-order valence-corrected chi connectivity index (χ0v) is 8.27. The van der Waals surface area contributed by atoms with E-state index in [1.807, 2.05) is 0 Å². The summed E-state index contributed by atoms with van der Waals surface area (Å²) in [5, 5.41) is 10.5. The van der Waals surface area contributed by atoms with E-state index in [-0.39, 0.29) is 10.8 Å². The Morgan fingerprint density at radius 2 is 2.00 bits per heavy atom. The van der Waals surface area contributed by atoms with Gasteiger partial charge in [0.15, 0.2) is 0 Å². The largest absolute Gasteiger partial charge is 0.508 e. The number of halogens is 2. The summed E-state index contributed by atoms with van der Waals surface area (Å²) in [6.07, 6.45) is 0. The molecule has 2 aromatic carbocycles. The highest BCUT2D eigenvalue weighted by Gasteiger charge is 2.08. The highest BCUT2D eigenvalue weighted by atomic mass is 35.5. The van der Waals surface area contributed by atoms with Crippen molar-refractivity contribution in [2.75, 3.05) is 0 Å². The van der Waals surface area contributed by atoms with E-state index < -0.39 is 5.82 Å². The lowest BCUT2D eigenvalue weighted by atomic mass is 10.0. The van der Waals surface area contributed by atoms with E-state index in [9.17, 15) is 9.50 Å². The molecular formula is C11H8ClFO. The van der Waals surface area contributed by atoms with Crippen LogP contribution in [-0.4, -0.2) is 5.11 Å². The molecule has 0 spiro atoms. The van der Waals surface area contributed by atoms with Crippen molar-refractivity contribution in [3.8, 4) is 5.75 Å². The van der Waals surface area contributed by atoms with Crippen LogP contribution in [-0.2, 0) is 0 Å². The quantitative estimate of drug-likeness (QED) is 0.704. The van der Waals surface area contributed by atoms with E-state index in [0.717, 1.165) is 0 Å². The first-order chi connectivity index (χ1) is 6.59. The Hall–Kier alpha value is -1.28. The number of hydrogen-bond acceptors (Lipinski definition) is 1. The maximum atomic E-state index is 13.6. The van der Waals surface area contributed by atoms with E-state index in [0.29, 0.717) is 16.3 Å². The Morgan fingerprint density at radius 1 is 1.29 bits per heavy atom. The lowest BCUT2D eigenvalue weighted by Crippen LogP contribution is -1.85. The molecule has 0 amide bonds. The third kappa shape index (κ3) is 1.32. The Balaban J connectivity index is 2.95. The third-order valence-corrected chi connectivity index (χ3v) is 2.48. The van der Waals surface area contributed by atoms with Gasteiger partial charge in [-0.1, -0.05) is 17.7 Å². The van der Waals surface area contributed by atoms with E-state index in [1.165, 1.54) is 18.2 Å². The first-order valence-electron chi connectivity index (χ1n) is 4.17. The number of rotatable bonds is 0. The summed E-state index contributed by atoms with van der Waals surface area (Å²) in [5.41, 5.74) is 0.681. The molecule has 0 aliphatic carbocycles. The average molecular weight is 211 g/mol. The van der Waals surface area contributed by atoms with Crippen LogP contribution in [0.15, 0.2) is 24.3 Å². The topological polar surface area (TPSA) is 20.2 Å². The summed E-state index contributed by atoms with van der Waals surface area (Å²) in [6, 6.07) is 6.20. The third-order valence-electron chi connectivity index (χ3n) is 2.19. The molecule has 0 atom stereocenters. The van der Waals surface area contributed by atoms with E-state index in [1.54, 1.807) is 13.0 Å². The fourth-order valence-corrected chi connectivity index (χ4v) is 1.74. The average Bonchev–Trinajstić information content (AvgIpc) is 2.10. The summed E-state index contributed by atoms with van der Waals surface area (Å²) < 4.78 is 13.6. The molecule has 0 bridgehead atoms. The maximum absolute atomic E-state index is 13.6. The lowest BCUT2D eigenvalue weighted by Gasteiger charge is -2.05. The predicted octanol–water partition coefficient (Wildman–Crippen LogP) is 3.65. The second-order valence-electron chi connectivity index (χ2n) is 3.22. The lowest BCUT2D eigenvalue weighted by molar-refractivity contribution is 0.475. The molecule has 0 saturated carbocycles. The normalized spacial score (nSPS) is 10.8. The van der Waals surface area contributed by atoms with E-state index >= 15 is 0 Å². The summed E-state index contributed by atoms with van der Waals surface area (Å²) in [5.74, 6) is -0.293. The number of phenols is 1. The van der Waals surface area contributed by atoms with Gasteiger partial charge in [0.2, 0.25) is 0 Å². The smallest absolute Gasteiger partial charge is 0.149 e. The van der Waals surface area contributed by atoms with Crippen molar-refractivity contribution in [3.05, 3.63) is 40.7 Å². The van der Waals surface area contributed by atoms with Gasteiger partial charge in [-0.3, -0.25) is 0 Å². The summed E-state index contributed by atoms with van der Waals surface area (Å²) in [6.45, 7) is 1.74. The van der Waals surface area contributed by atoms with Gasteiger partial charge < -0.3 is 5.11 Å². The SMILES string of the molecule is Cc1cc(O)cc2ccc(Cl)c(F)c12. The van der Waals surface area contributed by atoms with Crippen LogP contribution in [0.3, 0.4) is 0 Å². The minimum atomic E-state index is -0.429. The van der Waals surface area contributed by atoms with Crippen LogP contribution in [0.1, 0.15) is 5.56 Å². The molecule has 14 heavy (non-hydrogen) atoms. The van der Waals surface area contributed by atoms with Gasteiger partial charge in [0.05, 0.1) is 5.02 Å². The molecule has 0 aliphatic rings. The summed E-state index contributed by atoms with van der Waals surface area (Å²) >= 11 is 5.66. The number of aryl methyl sites for hydroxylation is 1. The summed E-state index contributed by atoms with van der Waals surface area (Å²) in [7, 11) is 0. The first-order valence-corrected chi connectivity index (χ1v) is 4.54. The van der Waals surface area contributed by atoms with E-state index in [2.05, 4.69) is 0 Å². The fourth-order valence-electron chi connectivity index (χ4n) is 1.58. The van der Waals surface area contributed by atoms with Crippen LogP contribution < -0.4 is 0 Å². The van der Waals surface area contributed by atoms with Crippen LogP contribution >= 0.6 is 11.6 Å². The van der Waals surface area contributed by atoms with Crippen molar-refractivity contribution in [2.45, 2.75) is 6.92 Å². The Labute approximate surface area is 85.7 Å². The minimum Gasteiger partial charge on any atom is -0.508 e. The van der Waals surface area contributed by atoms with Crippen LogP contribution in [0.5, 0.6) is 5.75 Å². The van der Waals surface area contributed by atoms with Crippen molar-refractivity contribution >= 4 is 22.4 Å². The molecule has 0 radical (unpaired) electrons. The molecule has 0 fully saturated rings. The molecule has 0 aliphatic heterocycles. The minimum absolute atomic E-state index is 0.103. The molecule has 1 nitrogen and oxygen atoms in total. The molecule has 0 unspecified atom stereocenters. The Bertz CT molecular complexity index is 508. The fraction of sp³-hybridized carbons (Fsp3) is 0.0909. The first kappa shape index (κ1) is 9.28. The molecule has 1 N–H and O–H groups in total. The van der Waals surface area contributed by atoms with Gasteiger partial charge in [0, 0.05) is 5.39 Å². The number of benzene rings is 2. The molecular weight excluding hydrogens is 203 g/mol. The number of fused-ring (bicyclic) bond motifs is 1. The van der Waals surface area contributed by atoms with Crippen LogP contribution in [0, 0.1) is 12.7 Å². The second-order valence-corrected chi connectivity index (χ2v) is 3.63. The van der Waals surface area contributed by atoms with Gasteiger partial charge in [-0.15, -0.1) is 0 Å². The van der Waals surface area contributed by atoms with Crippen LogP contribution in [0.2, 0.25) is 5.02 Å². The van der Waals surface area contributed by atoms with Gasteiger partial charge in [-0.2, -0.15) is 0 Å². The van der Waals surface area contributed by atoms with Crippen molar-refractivity contribution < 1.29 is 9.50 Å². The number of aromatic hydroxyl groups is 1. The molecule has 2 aromatic rings. The molecule has 0 saturated heterocycles. The van der Waals surface area contributed by atoms with Crippen molar-refractivity contribution in [1.82, 2.24) is 0 Å². The van der Waals surface area contributed by atoms with Crippen LogP contribution in [0.25, 0.3) is 10.8 Å². The highest BCUT2D eigenvalue weighted by Crippen LogP contribution is 2.30. The highest BCUT2D eigenvalue weighted by molar-refractivity contribution is 6.31. The molecule has 72 valence electrons. The van der Waals surface area contributed by atoms with Crippen molar-refractivity contribution in [2.24, 2.45) is 0 Å². The maximum Gasteiger partial charge on any atom is 0.149 e. The molecule has 0 aromatic heterocycles. The van der Waals surface area contributed by atoms with Crippen LogP contribution in [0.4, 0.5) is 4.39 Å². The van der Waals surface area contributed by atoms with Crippen molar-refractivity contribution in [3.63, 3.8) is 0 Å². The molecule has 0 heterocycles. The van der Waals surface area contributed by atoms with Crippen molar-refractivity contribution in [1.29, 1.82) is 0 Å². The Kier molecular flexibility index (Phi) is 2.08. The predicted molar refractivity (Wildman–Crippen MR) is 55.3 cm³/mol. The standard InChI is InChI=1S/C11H8ClFO/c1-6-4-8(14)5-7-2-3-9(12)11(13)10(6)7/h2-5,14H,1H3. The van der Waals surface area contributed by atoms with Gasteiger partial charge in [0.25, 0.3) is 0 Å². The van der Waals surface area contributed by atoms with Gasteiger partial charge in [-0.05, 0) is 36.1 Å². The second kappa shape index (κ2) is 3.14. The Morgan fingerprint density at radius 3 is 2.71 bits per heavy atom. The summed E-state index contributed by atoms with van der Waals surface area (Å²) in [4.78, 5) is 0. The molecule has 3 heteroatoms. The zero-order chi connectivity index (χ0) is 10.3. The van der Waals surface area contributed by atoms with Gasteiger partial charge >= 0.3 is 0 Å². The zero-order valence-electron chi connectivity index (χ0n) is 7.51. The van der Waals surface area contributed by atoms with Gasteiger partial charge in [-0.25, -0.2) is 4.39 Å². The number of phenolic OH excluding ortho intramolecular Hbond substituents is 1. The monoisotopic (exact) mass is 210 g/mol. The van der Waals surface area contributed by atoms with E-state index in [4.69, 9.17) is 11.6 Å².